The third kappa shape index (κ3) is 6.12. The summed E-state index contributed by atoms with van der Waals surface area (Å²) >= 11 is 0. The molecule has 284 valence electrons. The predicted octanol–water partition coefficient (Wildman–Crippen LogP) is 15.2. The fourth-order valence-corrected chi connectivity index (χ4v) is 8.41. The van der Waals surface area contributed by atoms with Gasteiger partial charge in [-0.2, -0.15) is 0 Å². The lowest BCUT2D eigenvalue weighted by molar-refractivity contribution is 0.669. The molecular formula is C57H35N3O. The Morgan fingerprint density at radius 2 is 0.902 bits per heavy atom. The molecule has 0 saturated carbocycles. The molecule has 0 aliphatic rings. The lowest BCUT2D eigenvalue weighted by atomic mass is 9.96. The van der Waals surface area contributed by atoms with Crippen molar-refractivity contribution in [2.45, 2.75) is 0 Å². The first-order valence-electron chi connectivity index (χ1n) is 23.1. The SMILES string of the molecule is [2H]c1c([2H])c(-c2ccc(-c3ccccc3)cc2)c2c(oc3c([2H])c(-c4nc(-c5cccc(-c6ccccc6)c5)nc(-c5ccc6ccc7c8ccccc8ccc7c6c5)n4)c([2H])c([2H])c32)c1[2H]. The van der Waals surface area contributed by atoms with Gasteiger partial charge in [0.25, 0.3) is 0 Å². The van der Waals surface area contributed by atoms with E-state index in [9.17, 15) is 4.11 Å². The van der Waals surface area contributed by atoms with Crippen molar-refractivity contribution < 1.29 is 12.6 Å². The van der Waals surface area contributed by atoms with E-state index in [-0.39, 0.29) is 75.1 Å². The summed E-state index contributed by atoms with van der Waals surface area (Å²) in [5.74, 6) is 0.626. The monoisotopic (exact) mass is 783 g/mol. The molecule has 0 radical (unpaired) electrons. The second-order valence-electron chi connectivity index (χ2n) is 15.1. The molecule has 0 aliphatic heterocycles. The standard InChI is InChI=1S/C57H35N3O/c1-3-11-36(12-4-1)38-21-23-40(24-22-38)47-19-10-20-52-54(47)50-32-29-45(35-53(50)61-52)57-59-55(43-17-9-16-42(33-43)37-13-5-2-6-14-37)58-56(60-57)44-26-25-41-28-30-48-46-18-8-7-15-39(46)27-31-49(48)51(41)34-44/h1-35H/i10D,19D,20D,29D,32D,35D. The highest BCUT2D eigenvalue weighted by atomic mass is 16.3. The van der Waals surface area contributed by atoms with Gasteiger partial charge >= 0.3 is 0 Å². The number of fused-ring (bicyclic) bond motifs is 8. The number of hydrogen-bond acceptors (Lipinski definition) is 4. The number of aromatic nitrogens is 3. The van der Waals surface area contributed by atoms with Crippen molar-refractivity contribution in [3.63, 3.8) is 0 Å². The average Bonchev–Trinajstić information content (AvgIpc) is 3.79. The zero-order chi connectivity index (χ0) is 45.5. The minimum Gasteiger partial charge on any atom is -0.456 e. The molecule has 0 bridgehead atoms. The minimum absolute atomic E-state index is 0.00478. The normalized spacial score (nSPS) is 13.0. The van der Waals surface area contributed by atoms with E-state index in [0.717, 1.165) is 54.6 Å². The van der Waals surface area contributed by atoms with Gasteiger partial charge in [-0.3, -0.25) is 0 Å². The van der Waals surface area contributed by atoms with Crippen LogP contribution >= 0.6 is 0 Å². The zero-order valence-corrected chi connectivity index (χ0v) is 32.5. The Hall–Kier alpha value is -8.21. The second kappa shape index (κ2) is 14.3. The highest BCUT2D eigenvalue weighted by molar-refractivity contribution is 6.18. The van der Waals surface area contributed by atoms with E-state index in [1.165, 1.54) is 0 Å². The van der Waals surface area contributed by atoms with Crippen LogP contribution in [0, 0.1) is 0 Å². The summed E-state index contributed by atoms with van der Waals surface area (Å²) < 4.78 is 62.2. The van der Waals surface area contributed by atoms with Crippen LogP contribution in [-0.2, 0) is 0 Å². The molecule has 61 heavy (non-hydrogen) atoms. The summed E-state index contributed by atoms with van der Waals surface area (Å²) in [6, 6.07) is 56.4. The molecule has 0 spiro atoms. The van der Waals surface area contributed by atoms with Crippen molar-refractivity contribution in [1.29, 1.82) is 0 Å². The van der Waals surface area contributed by atoms with Gasteiger partial charge in [0.2, 0.25) is 0 Å². The largest absolute Gasteiger partial charge is 0.456 e. The van der Waals surface area contributed by atoms with Crippen LogP contribution in [-0.4, -0.2) is 15.0 Å². The van der Waals surface area contributed by atoms with Crippen molar-refractivity contribution in [1.82, 2.24) is 15.0 Å². The molecule has 10 aromatic carbocycles. The average molecular weight is 784 g/mol. The van der Waals surface area contributed by atoms with Crippen molar-refractivity contribution in [3.8, 4) is 67.5 Å². The maximum absolute atomic E-state index is 9.73. The van der Waals surface area contributed by atoms with E-state index >= 15 is 0 Å². The lowest BCUT2D eigenvalue weighted by Gasteiger charge is -2.11. The Morgan fingerprint density at radius 3 is 1.67 bits per heavy atom. The Morgan fingerprint density at radius 1 is 0.344 bits per heavy atom. The summed E-state index contributed by atoms with van der Waals surface area (Å²) in [6.45, 7) is 0. The zero-order valence-electron chi connectivity index (χ0n) is 38.5. The molecule has 4 heteroatoms. The highest BCUT2D eigenvalue weighted by Crippen LogP contribution is 2.40. The summed E-state index contributed by atoms with van der Waals surface area (Å²) in [6.07, 6.45) is 0. The molecule has 0 atom stereocenters. The second-order valence-corrected chi connectivity index (χ2v) is 15.1. The molecular weight excluding hydrogens is 743 g/mol. The Labute approximate surface area is 360 Å². The maximum Gasteiger partial charge on any atom is 0.164 e. The summed E-state index contributed by atoms with van der Waals surface area (Å²) in [4.78, 5) is 15.0. The third-order valence-corrected chi connectivity index (χ3v) is 11.4. The van der Waals surface area contributed by atoms with Crippen molar-refractivity contribution in [2.75, 3.05) is 0 Å². The Bertz CT molecular complexity index is 3990. The number of furan rings is 1. The van der Waals surface area contributed by atoms with Gasteiger partial charge in [0.15, 0.2) is 17.5 Å². The minimum atomic E-state index is -0.348. The van der Waals surface area contributed by atoms with Gasteiger partial charge in [-0.1, -0.05) is 182 Å². The van der Waals surface area contributed by atoms with Gasteiger partial charge in [0.1, 0.15) is 11.2 Å². The van der Waals surface area contributed by atoms with Crippen LogP contribution < -0.4 is 0 Å². The Kier molecular flexibility index (Phi) is 6.80. The van der Waals surface area contributed by atoms with Gasteiger partial charge in [0.05, 0.1) is 8.22 Å². The van der Waals surface area contributed by atoms with Crippen LogP contribution in [0.25, 0.3) is 122 Å². The molecule has 12 aromatic rings. The number of hydrogen-bond donors (Lipinski definition) is 0. The van der Waals surface area contributed by atoms with Gasteiger partial charge in [0, 0.05) is 27.5 Å². The fourth-order valence-electron chi connectivity index (χ4n) is 8.41. The highest BCUT2D eigenvalue weighted by Gasteiger charge is 2.18. The molecule has 0 unspecified atom stereocenters. The van der Waals surface area contributed by atoms with Crippen LogP contribution in [0.3, 0.4) is 0 Å². The topological polar surface area (TPSA) is 51.8 Å². The molecule has 2 heterocycles. The fraction of sp³-hybridized carbons (Fsp3) is 0. The lowest BCUT2D eigenvalue weighted by Crippen LogP contribution is -2.00. The van der Waals surface area contributed by atoms with Crippen LogP contribution in [0.5, 0.6) is 0 Å². The van der Waals surface area contributed by atoms with Crippen molar-refractivity contribution in [3.05, 3.63) is 212 Å². The Balaban J connectivity index is 1.08. The number of nitrogens with zero attached hydrogens (tertiary/aromatic N) is 3. The van der Waals surface area contributed by atoms with Gasteiger partial charge in [-0.05, 0) is 96.0 Å². The van der Waals surface area contributed by atoms with Crippen molar-refractivity contribution >= 4 is 54.3 Å². The summed E-state index contributed by atoms with van der Waals surface area (Å²) in [5, 5.41) is 6.89. The molecule has 0 N–H and O–H groups in total. The van der Waals surface area contributed by atoms with E-state index in [0.29, 0.717) is 28.3 Å². The van der Waals surface area contributed by atoms with Gasteiger partial charge in [-0.25, -0.2) is 15.0 Å². The van der Waals surface area contributed by atoms with Crippen molar-refractivity contribution in [2.24, 2.45) is 0 Å². The maximum atomic E-state index is 9.73. The van der Waals surface area contributed by atoms with E-state index in [1.54, 1.807) is 0 Å². The van der Waals surface area contributed by atoms with Gasteiger partial charge < -0.3 is 4.42 Å². The third-order valence-electron chi connectivity index (χ3n) is 11.4. The molecule has 2 aromatic heterocycles. The first-order chi connectivity index (χ1) is 32.7. The predicted molar refractivity (Wildman–Crippen MR) is 252 cm³/mol. The van der Waals surface area contributed by atoms with E-state index in [1.807, 2.05) is 133 Å². The molecule has 0 amide bonds. The van der Waals surface area contributed by atoms with Crippen LogP contribution in [0.2, 0.25) is 0 Å². The molecule has 0 fully saturated rings. The molecule has 0 saturated heterocycles. The van der Waals surface area contributed by atoms with E-state index in [4.69, 9.17) is 23.5 Å². The van der Waals surface area contributed by atoms with E-state index < -0.39 is 0 Å². The quantitative estimate of drug-likeness (QED) is 0.158. The number of rotatable bonds is 6. The summed E-state index contributed by atoms with van der Waals surface area (Å²) in [7, 11) is 0. The first kappa shape index (κ1) is 29.1. The van der Waals surface area contributed by atoms with Crippen LogP contribution in [0.1, 0.15) is 8.22 Å². The first-order valence-corrected chi connectivity index (χ1v) is 20.1. The number of benzene rings is 10. The van der Waals surface area contributed by atoms with E-state index in [2.05, 4.69) is 42.5 Å². The molecule has 0 aliphatic carbocycles. The molecule has 12 rings (SSSR count). The smallest absolute Gasteiger partial charge is 0.164 e. The van der Waals surface area contributed by atoms with Crippen LogP contribution in [0.4, 0.5) is 0 Å². The molecule has 4 nitrogen and oxygen atoms in total. The van der Waals surface area contributed by atoms with Crippen LogP contribution in [0.15, 0.2) is 217 Å². The summed E-state index contributed by atoms with van der Waals surface area (Å²) in [5.41, 5.74) is 6.02. The van der Waals surface area contributed by atoms with Gasteiger partial charge in [-0.15, -0.1) is 0 Å².